The highest BCUT2D eigenvalue weighted by atomic mass is 16.4. The van der Waals surface area contributed by atoms with Gasteiger partial charge in [-0.2, -0.15) is 0 Å². The normalized spacial score (nSPS) is 25.9. The summed E-state index contributed by atoms with van der Waals surface area (Å²) < 4.78 is 0. The lowest BCUT2D eigenvalue weighted by Crippen LogP contribution is -2.39. The first kappa shape index (κ1) is 12.1. The fraction of sp³-hybridized carbons (Fsp3) is 0.667. The first-order chi connectivity index (χ1) is 8.16. The zero-order chi connectivity index (χ0) is 12.3. The van der Waals surface area contributed by atoms with Crippen LogP contribution in [0.2, 0.25) is 0 Å². The maximum Gasteiger partial charge on any atom is 0.328 e. The molecular formula is C12H18N2O3. The minimum atomic E-state index is -1.07. The molecule has 0 radical (unpaired) electrons. The highest BCUT2D eigenvalue weighted by molar-refractivity contribution is 5.93. The molecule has 2 aliphatic rings. The molecule has 5 nitrogen and oxygen atoms in total. The zero-order valence-electron chi connectivity index (χ0n) is 9.84. The Bertz CT molecular complexity index is 341. The van der Waals surface area contributed by atoms with Gasteiger partial charge in [0.2, 0.25) is 5.91 Å². The summed E-state index contributed by atoms with van der Waals surface area (Å²) in [5.74, 6) is -1.25. The second kappa shape index (κ2) is 5.31. The topological polar surface area (TPSA) is 60.9 Å². The zero-order valence-corrected chi connectivity index (χ0v) is 9.84. The maximum absolute atomic E-state index is 11.8. The van der Waals surface area contributed by atoms with Gasteiger partial charge in [0.15, 0.2) is 0 Å². The Balaban J connectivity index is 1.96. The predicted molar refractivity (Wildman–Crippen MR) is 62.6 cm³/mol. The van der Waals surface area contributed by atoms with Crippen molar-refractivity contribution in [1.82, 2.24) is 9.80 Å². The van der Waals surface area contributed by atoms with Crippen LogP contribution in [0.25, 0.3) is 0 Å². The summed E-state index contributed by atoms with van der Waals surface area (Å²) in [6.07, 6.45) is 5.40. The Morgan fingerprint density at radius 1 is 1.12 bits per heavy atom. The van der Waals surface area contributed by atoms with E-state index in [1.165, 1.54) is 6.42 Å². The average Bonchev–Trinajstić information content (AvgIpc) is 2.63. The quantitative estimate of drug-likeness (QED) is 0.704. The molecule has 0 saturated carbocycles. The third-order valence-electron chi connectivity index (χ3n) is 3.48. The van der Waals surface area contributed by atoms with Crippen LogP contribution >= 0.6 is 0 Å². The number of aliphatic carboxylic acids is 1. The molecule has 17 heavy (non-hydrogen) atoms. The van der Waals surface area contributed by atoms with Crippen molar-refractivity contribution in [3.63, 3.8) is 0 Å². The van der Waals surface area contributed by atoms with Crippen LogP contribution in [0, 0.1) is 0 Å². The van der Waals surface area contributed by atoms with Gasteiger partial charge >= 0.3 is 5.97 Å². The number of carboxylic acid groups (broad SMARTS) is 1. The predicted octanol–water partition coefficient (Wildman–Crippen LogP) is 0.324. The van der Waals surface area contributed by atoms with Crippen LogP contribution in [-0.2, 0) is 9.59 Å². The van der Waals surface area contributed by atoms with Crippen molar-refractivity contribution < 1.29 is 14.7 Å². The lowest BCUT2D eigenvalue weighted by Gasteiger charge is -2.24. The Kier molecular flexibility index (Phi) is 3.78. The first-order valence-corrected chi connectivity index (χ1v) is 6.11. The number of amides is 1. The molecule has 2 heterocycles. The standard InChI is InChI=1S/C12H18N2O3/c15-11(4-5-12(16)17)14-8-2-7-13-6-1-3-10(13)9-14/h4-5,10H,1-3,6-9H2,(H,16,17). The molecule has 2 rings (SSSR count). The van der Waals surface area contributed by atoms with Crippen LogP contribution in [-0.4, -0.2) is 59.0 Å². The monoisotopic (exact) mass is 238 g/mol. The fourth-order valence-electron chi connectivity index (χ4n) is 2.65. The molecular weight excluding hydrogens is 220 g/mol. The van der Waals surface area contributed by atoms with Gasteiger partial charge in [-0.1, -0.05) is 0 Å². The van der Waals surface area contributed by atoms with Gasteiger partial charge < -0.3 is 10.0 Å². The molecule has 94 valence electrons. The third kappa shape index (κ3) is 3.06. The Morgan fingerprint density at radius 3 is 2.65 bits per heavy atom. The molecule has 0 aromatic rings. The van der Waals surface area contributed by atoms with Crippen molar-refractivity contribution in [3.05, 3.63) is 12.2 Å². The van der Waals surface area contributed by atoms with E-state index in [0.29, 0.717) is 6.04 Å². The van der Waals surface area contributed by atoms with Crippen molar-refractivity contribution in [3.8, 4) is 0 Å². The minimum Gasteiger partial charge on any atom is -0.478 e. The molecule has 1 amide bonds. The molecule has 1 atom stereocenters. The van der Waals surface area contributed by atoms with Crippen molar-refractivity contribution in [2.45, 2.75) is 25.3 Å². The largest absolute Gasteiger partial charge is 0.478 e. The van der Waals surface area contributed by atoms with Crippen molar-refractivity contribution in [1.29, 1.82) is 0 Å². The number of hydrogen-bond acceptors (Lipinski definition) is 3. The van der Waals surface area contributed by atoms with Gasteiger partial charge in [0.25, 0.3) is 0 Å². The summed E-state index contributed by atoms with van der Waals surface area (Å²) in [4.78, 5) is 26.4. The molecule has 2 saturated heterocycles. The van der Waals surface area contributed by atoms with E-state index in [-0.39, 0.29) is 5.91 Å². The van der Waals surface area contributed by atoms with Gasteiger partial charge in [-0.15, -0.1) is 0 Å². The number of carbonyl (C=O) groups excluding carboxylic acids is 1. The van der Waals surface area contributed by atoms with E-state index in [4.69, 9.17) is 5.11 Å². The smallest absolute Gasteiger partial charge is 0.328 e. The lowest BCUT2D eigenvalue weighted by molar-refractivity contribution is -0.132. The van der Waals surface area contributed by atoms with Crippen molar-refractivity contribution in [2.75, 3.05) is 26.2 Å². The van der Waals surface area contributed by atoms with E-state index < -0.39 is 5.97 Å². The van der Waals surface area contributed by atoms with Crippen LogP contribution in [0.1, 0.15) is 19.3 Å². The molecule has 0 aromatic carbocycles. The first-order valence-electron chi connectivity index (χ1n) is 6.11. The number of nitrogens with zero attached hydrogens (tertiary/aromatic N) is 2. The maximum atomic E-state index is 11.8. The van der Waals surface area contributed by atoms with Gasteiger partial charge in [-0.3, -0.25) is 9.69 Å². The van der Waals surface area contributed by atoms with Crippen molar-refractivity contribution in [2.24, 2.45) is 0 Å². The third-order valence-corrected chi connectivity index (χ3v) is 3.48. The van der Waals surface area contributed by atoms with Crippen LogP contribution in [0.4, 0.5) is 0 Å². The average molecular weight is 238 g/mol. The Hall–Kier alpha value is -1.36. The van der Waals surface area contributed by atoms with E-state index in [0.717, 1.165) is 51.2 Å². The van der Waals surface area contributed by atoms with Crippen LogP contribution in [0.15, 0.2) is 12.2 Å². The van der Waals surface area contributed by atoms with Gasteiger partial charge in [-0.25, -0.2) is 4.79 Å². The summed E-state index contributed by atoms with van der Waals surface area (Å²) in [5, 5.41) is 8.50. The SMILES string of the molecule is O=C(O)C=CC(=O)N1CCCN2CCCC2C1. The molecule has 5 heteroatoms. The highest BCUT2D eigenvalue weighted by Gasteiger charge is 2.29. The molecule has 0 bridgehead atoms. The molecule has 1 N–H and O–H groups in total. The van der Waals surface area contributed by atoms with Gasteiger partial charge in [0.05, 0.1) is 0 Å². The molecule has 1 unspecified atom stereocenters. The van der Waals surface area contributed by atoms with Crippen LogP contribution in [0.3, 0.4) is 0 Å². The summed E-state index contributed by atoms with van der Waals surface area (Å²) in [6.45, 7) is 3.66. The Labute approximate surface area is 101 Å². The number of carbonyl (C=O) groups is 2. The van der Waals surface area contributed by atoms with E-state index in [1.807, 2.05) is 0 Å². The summed E-state index contributed by atoms with van der Waals surface area (Å²) >= 11 is 0. The Morgan fingerprint density at radius 2 is 1.88 bits per heavy atom. The number of rotatable bonds is 2. The number of hydrogen-bond donors (Lipinski definition) is 1. The number of carboxylic acids is 1. The van der Waals surface area contributed by atoms with E-state index in [1.54, 1.807) is 4.90 Å². The van der Waals surface area contributed by atoms with Gasteiger partial charge in [0, 0.05) is 37.8 Å². The summed E-state index contributed by atoms with van der Waals surface area (Å²) in [7, 11) is 0. The fourth-order valence-corrected chi connectivity index (χ4v) is 2.65. The highest BCUT2D eigenvalue weighted by Crippen LogP contribution is 2.21. The second-order valence-corrected chi connectivity index (χ2v) is 4.64. The molecule has 0 aliphatic carbocycles. The van der Waals surface area contributed by atoms with E-state index in [2.05, 4.69) is 4.90 Å². The summed E-state index contributed by atoms with van der Waals surface area (Å²) in [5.41, 5.74) is 0. The van der Waals surface area contributed by atoms with Crippen LogP contribution < -0.4 is 0 Å². The molecule has 2 aliphatic heterocycles. The van der Waals surface area contributed by atoms with Gasteiger partial charge in [0.1, 0.15) is 0 Å². The lowest BCUT2D eigenvalue weighted by atomic mass is 10.2. The molecule has 2 fully saturated rings. The second-order valence-electron chi connectivity index (χ2n) is 4.64. The summed E-state index contributed by atoms with van der Waals surface area (Å²) in [6, 6.07) is 0.472. The van der Waals surface area contributed by atoms with Gasteiger partial charge in [-0.05, 0) is 25.8 Å². The minimum absolute atomic E-state index is 0.179. The number of fused-ring (bicyclic) bond motifs is 1. The van der Waals surface area contributed by atoms with E-state index in [9.17, 15) is 9.59 Å². The van der Waals surface area contributed by atoms with Crippen molar-refractivity contribution >= 4 is 11.9 Å². The molecule has 0 spiro atoms. The van der Waals surface area contributed by atoms with E-state index >= 15 is 0 Å². The van der Waals surface area contributed by atoms with Crippen LogP contribution in [0.5, 0.6) is 0 Å². The molecule has 0 aromatic heterocycles.